The average molecular weight is 315 g/mol. The maximum Gasteiger partial charge on any atom is 0.230 e. The monoisotopic (exact) mass is 314 g/mol. The molecule has 2 rings (SSSR count). The molecule has 3 nitrogen and oxygen atoms in total. The molecule has 1 aliphatic heterocycles. The summed E-state index contributed by atoms with van der Waals surface area (Å²) in [5, 5.41) is 7.32. The zero-order valence-electron chi connectivity index (χ0n) is 11.8. The van der Waals surface area contributed by atoms with Gasteiger partial charge in [-0.25, -0.2) is 0 Å². The van der Waals surface area contributed by atoms with Gasteiger partial charge < -0.3 is 10.6 Å². The summed E-state index contributed by atoms with van der Waals surface area (Å²) in [7, 11) is 0. The van der Waals surface area contributed by atoms with Crippen LogP contribution in [0.4, 0.5) is 5.69 Å². The highest BCUT2D eigenvalue weighted by Gasteiger charge is 2.37. The van der Waals surface area contributed by atoms with Crippen LogP contribution in [0.2, 0.25) is 10.0 Å². The molecule has 110 valence electrons. The minimum atomic E-state index is -0.428. The molecule has 1 atom stereocenters. The number of amides is 1. The third kappa shape index (κ3) is 3.66. The van der Waals surface area contributed by atoms with Crippen LogP contribution < -0.4 is 10.6 Å². The number of carbonyl (C=O) groups is 1. The number of rotatable bonds is 3. The van der Waals surface area contributed by atoms with Crippen LogP contribution in [0.3, 0.4) is 0 Å². The quantitative estimate of drug-likeness (QED) is 0.886. The van der Waals surface area contributed by atoms with E-state index in [1.165, 1.54) is 0 Å². The number of nitrogens with one attached hydrogen (secondary N) is 2. The Labute approximate surface area is 130 Å². The highest BCUT2D eigenvalue weighted by Crippen LogP contribution is 2.33. The Morgan fingerprint density at radius 3 is 2.50 bits per heavy atom. The highest BCUT2D eigenvalue weighted by atomic mass is 35.5. The summed E-state index contributed by atoms with van der Waals surface area (Å²) in [6.45, 7) is 5.91. The minimum absolute atomic E-state index is 0.00420. The van der Waals surface area contributed by atoms with Gasteiger partial charge in [0.2, 0.25) is 5.91 Å². The van der Waals surface area contributed by atoms with E-state index in [2.05, 4.69) is 10.6 Å². The van der Waals surface area contributed by atoms with Crippen molar-refractivity contribution in [1.82, 2.24) is 5.32 Å². The summed E-state index contributed by atoms with van der Waals surface area (Å²) in [5.41, 5.74) is 0.215. The van der Waals surface area contributed by atoms with Gasteiger partial charge in [0.15, 0.2) is 0 Å². The Kier molecular flexibility index (Phi) is 4.95. The predicted molar refractivity (Wildman–Crippen MR) is 84.5 cm³/mol. The number of hydrogen-bond acceptors (Lipinski definition) is 2. The van der Waals surface area contributed by atoms with Gasteiger partial charge in [-0.3, -0.25) is 4.79 Å². The topological polar surface area (TPSA) is 41.1 Å². The third-order valence-electron chi connectivity index (χ3n) is 4.02. The average Bonchev–Trinajstić information content (AvgIpc) is 2.38. The van der Waals surface area contributed by atoms with E-state index in [0.717, 1.165) is 25.9 Å². The number of hydrogen-bond donors (Lipinski definition) is 2. The molecule has 0 spiro atoms. The van der Waals surface area contributed by atoms with Gasteiger partial charge in [-0.2, -0.15) is 0 Å². The van der Waals surface area contributed by atoms with E-state index in [4.69, 9.17) is 23.2 Å². The summed E-state index contributed by atoms with van der Waals surface area (Å²) in [6.07, 6.45) is 2.19. The van der Waals surface area contributed by atoms with Gasteiger partial charge >= 0.3 is 0 Å². The van der Waals surface area contributed by atoms with Gasteiger partial charge in [-0.1, -0.05) is 37.0 Å². The van der Waals surface area contributed by atoms with Crippen molar-refractivity contribution in [3.8, 4) is 0 Å². The molecule has 0 saturated carbocycles. The van der Waals surface area contributed by atoms with Gasteiger partial charge in [-0.15, -0.1) is 0 Å². The van der Waals surface area contributed by atoms with Crippen LogP contribution in [0, 0.1) is 11.3 Å². The lowest BCUT2D eigenvalue weighted by Crippen LogP contribution is -2.44. The Hall–Kier alpha value is -0.770. The largest absolute Gasteiger partial charge is 0.326 e. The van der Waals surface area contributed by atoms with E-state index in [-0.39, 0.29) is 5.91 Å². The van der Waals surface area contributed by atoms with Crippen LogP contribution in [0.25, 0.3) is 0 Å². The first kappa shape index (κ1) is 15.6. The van der Waals surface area contributed by atoms with Gasteiger partial charge in [0.25, 0.3) is 0 Å². The molecular formula is C15H20Cl2N2O. The first-order chi connectivity index (χ1) is 9.39. The lowest BCUT2D eigenvalue weighted by molar-refractivity contribution is -0.127. The standard InChI is InChI=1S/C15H20Cl2N2O/c1-15(2,10-4-3-5-18-9-10)14(20)19-13-7-11(16)6-12(17)8-13/h6-8,10,18H,3-5,9H2,1-2H3,(H,19,20). The maximum atomic E-state index is 12.5. The minimum Gasteiger partial charge on any atom is -0.326 e. The van der Waals surface area contributed by atoms with Crippen molar-refractivity contribution >= 4 is 34.8 Å². The van der Waals surface area contributed by atoms with Gasteiger partial charge in [-0.05, 0) is 50.0 Å². The Bertz CT molecular complexity index is 476. The molecule has 5 heteroatoms. The predicted octanol–water partition coefficient (Wildman–Crippen LogP) is 3.96. The molecule has 1 unspecified atom stereocenters. The summed E-state index contributed by atoms with van der Waals surface area (Å²) < 4.78 is 0. The normalized spacial score (nSPS) is 19.7. The van der Waals surface area contributed by atoms with E-state index in [1.807, 2.05) is 13.8 Å². The smallest absolute Gasteiger partial charge is 0.230 e. The van der Waals surface area contributed by atoms with Crippen molar-refractivity contribution < 1.29 is 4.79 Å². The van der Waals surface area contributed by atoms with Crippen molar-refractivity contribution in [2.45, 2.75) is 26.7 Å². The molecule has 1 fully saturated rings. The Morgan fingerprint density at radius 1 is 1.30 bits per heavy atom. The summed E-state index contributed by atoms with van der Waals surface area (Å²) in [6, 6.07) is 5.07. The van der Waals surface area contributed by atoms with Crippen LogP contribution in [-0.2, 0) is 4.79 Å². The van der Waals surface area contributed by atoms with Gasteiger partial charge in [0, 0.05) is 21.1 Å². The zero-order chi connectivity index (χ0) is 14.8. The molecule has 0 aromatic heterocycles. The summed E-state index contributed by atoms with van der Waals surface area (Å²) in [5.74, 6) is 0.343. The maximum absolute atomic E-state index is 12.5. The summed E-state index contributed by atoms with van der Waals surface area (Å²) >= 11 is 11.9. The zero-order valence-corrected chi connectivity index (χ0v) is 13.3. The van der Waals surface area contributed by atoms with Crippen molar-refractivity contribution in [1.29, 1.82) is 0 Å². The van der Waals surface area contributed by atoms with Gasteiger partial charge in [0.05, 0.1) is 0 Å². The second kappa shape index (κ2) is 6.33. The number of carbonyl (C=O) groups excluding carboxylic acids is 1. The molecular weight excluding hydrogens is 295 g/mol. The van der Waals surface area contributed by atoms with Gasteiger partial charge in [0.1, 0.15) is 0 Å². The molecule has 0 radical (unpaired) electrons. The van der Waals surface area contributed by atoms with Crippen LogP contribution in [0.15, 0.2) is 18.2 Å². The molecule has 1 aliphatic rings. The van der Waals surface area contributed by atoms with E-state index in [0.29, 0.717) is 21.7 Å². The number of halogens is 2. The van der Waals surface area contributed by atoms with Crippen molar-refractivity contribution in [3.63, 3.8) is 0 Å². The third-order valence-corrected chi connectivity index (χ3v) is 4.46. The molecule has 1 amide bonds. The number of piperidine rings is 1. The van der Waals surface area contributed by atoms with Crippen molar-refractivity contribution in [2.24, 2.45) is 11.3 Å². The molecule has 2 N–H and O–H groups in total. The molecule has 1 saturated heterocycles. The second-order valence-electron chi connectivity index (χ2n) is 5.88. The van der Waals surface area contributed by atoms with Crippen LogP contribution in [0.1, 0.15) is 26.7 Å². The van der Waals surface area contributed by atoms with Crippen molar-refractivity contribution in [3.05, 3.63) is 28.2 Å². The molecule has 1 heterocycles. The fourth-order valence-electron chi connectivity index (χ4n) is 2.57. The molecule has 0 bridgehead atoms. The van der Waals surface area contributed by atoms with Crippen LogP contribution in [-0.4, -0.2) is 19.0 Å². The first-order valence-electron chi connectivity index (χ1n) is 6.88. The molecule has 1 aromatic rings. The molecule has 20 heavy (non-hydrogen) atoms. The van der Waals surface area contributed by atoms with E-state index in [9.17, 15) is 4.79 Å². The van der Waals surface area contributed by atoms with E-state index < -0.39 is 5.41 Å². The number of anilines is 1. The first-order valence-corrected chi connectivity index (χ1v) is 7.63. The molecule has 1 aromatic carbocycles. The van der Waals surface area contributed by atoms with Crippen LogP contribution in [0.5, 0.6) is 0 Å². The second-order valence-corrected chi connectivity index (χ2v) is 6.75. The summed E-state index contributed by atoms with van der Waals surface area (Å²) in [4.78, 5) is 12.5. The fraction of sp³-hybridized carbons (Fsp3) is 0.533. The lowest BCUT2D eigenvalue weighted by Gasteiger charge is -2.36. The molecule has 0 aliphatic carbocycles. The fourth-order valence-corrected chi connectivity index (χ4v) is 3.10. The SMILES string of the molecule is CC(C)(C(=O)Nc1cc(Cl)cc(Cl)c1)C1CCCNC1. The van der Waals surface area contributed by atoms with E-state index in [1.54, 1.807) is 18.2 Å². The Morgan fingerprint density at radius 2 is 1.95 bits per heavy atom. The number of benzene rings is 1. The van der Waals surface area contributed by atoms with E-state index >= 15 is 0 Å². The van der Waals surface area contributed by atoms with Crippen molar-refractivity contribution in [2.75, 3.05) is 18.4 Å². The highest BCUT2D eigenvalue weighted by molar-refractivity contribution is 6.35. The van der Waals surface area contributed by atoms with Crippen LogP contribution >= 0.6 is 23.2 Å². The lowest BCUT2D eigenvalue weighted by atomic mass is 9.74. The Balaban J connectivity index is 2.09.